The normalized spacial score (nSPS) is 12.9. The van der Waals surface area contributed by atoms with E-state index in [1.54, 1.807) is 0 Å². The lowest BCUT2D eigenvalue weighted by atomic mass is 9.85. The summed E-state index contributed by atoms with van der Waals surface area (Å²) >= 11 is 0. The van der Waals surface area contributed by atoms with E-state index in [4.69, 9.17) is 0 Å². The number of nitrogens with zero attached hydrogens (tertiary/aromatic N) is 4. The molecule has 0 bridgehead atoms. The molecule has 0 aliphatic carbocycles. The number of fused-ring (bicyclic) bond motifs is 10. The lowest BCUT2D eigenvalue weighted by Gasteiger charge is -2.25. The second-order valence-electron chi connectivity index (χ2n) is 26.1. The largest absolute Gasteiger partial charge is 0.310 e. The SMILES string of the molecule is CC(C)(C)c1ccc2c(c1)c1cc(C(C)(C)C)ccc1n2-c1ccc2c3ccc(-n4c5ccc(C(C)(C)C)cc5c5cc(C(C)(C)C)ccc54)cc3n(-c3ccc4cc(N(c5ccccc5)c5ccccc5)ccc4c3)c2c1. The molecule has 0 unspecified atom stereocenters. The van der Waals surface area contributed by atoms with Crippen LogP contribution in [0.1, 0.15) is 105 Å². The fourth-order valence-corrected chi connectivity index (χ4v) is 12.1. The van der Waals surface area contributed by atoms with E-state index in [1.165, 1.54) is 87.4 Å². The van der Waals surface area contributed by atoms with E-state index >= 15 is 0 Å². The molecule has 0 atom stereocenters. The molecule has 4 heteroatoms. The molecule has 0 fully saturated rings. The van der Waals surface area contributed by atoms with Crippen molar-refractivity contribution in [2.24, 2.45) is 0 Å². The van der Waals surface area contributed by atoms with Crippen LogP contribution >= 0.6 is 0 Å². The summed E-state index contributed by atoms with van der Waals surface area (Å²) in [7, 11) is 0. The summed E-state index contributed by atoms with van der Waals surface area (Å²) in [6, 6.07) is 78.1. The molecular weight excluding hydrogens is 945 g/mol. The van der Waals surface area contributed by atoms with Crippen molar-refractivity contribution in [3.8, 4) is 17.1 Å². The van der Waals surface area contributed by atoms with Gasteiger partial charge in [0.05, 0.1) is 33.1 Å². The van der Waals surface area contributed by atoms with Crippen molar-refractivity contribution in [2.75, 3.05) is 4.90 Å². The van der Waals surface area contributed by atoms with Crippen LogP contribution in [0.25, 0.3) is 93.3 Å². The Morgan fingerprint density at radius 3 is 0.936 bits per heavy atom. The fraction of sp³-hybridized carbons (Fsp3) is 0.216. The molecule has 0 saturated heterocycles. The molecule has 3 heterocycles. The summed E-state index contributed by atoms with van der Waals surface area (Å²) < 4.78 is 7.52. The molecule has 0 aliphatic heterocycles. The first-order valence-corrected chi connectivity index (χ1v) is 27.9. The van der Waals surface area contributed by atoms with E-state index in [0.29, 0.717) is 0 Å². The third-order valence-corrected chi connectivity index (χ3v) is 16.6. The number of hydrogen-bond donors (Lipinski definition) is 0. The van der Waals surface area contributed by atoms with Gasteiger partial charge in [0.2, 0.25) is 0 Å². The second-order valence-corrected chi connectivity index (χ2v) is 26.1. The third-order valence-electron chi connectivity index (χ3n) is 16.6. The van der Waals surface area contributed by atoms with Crippen LogP contribution in [0.3, 0.4) is 0 Å². The molecule has 0 amide bonds. The average Bonchev–Trinajstić information content (AvgIpc) is 4.06. The van der Waals surface area contributed by atoms with E-state index in [1.807, 2.05) is 0 Å². The van der Waals surface area contributed by atoms with E-state index in [9.17, 15) is 0 Å². The highest BCUT2D eigenvalue weighted by atomic mass is 15.1. The Bertz CT molecular complexity index is 4120. The molecule has 10 aromatic carbocycles. The smallest absolute Gasteiger partial charge is 0.0561 e. The Hall–Kier alpha value is -8.34. The first kappa shape index (κ1) is 49.2. The van der Waals surface area contributed by atoms with Gasteiger partial charge in [-0.1, -0.05) is 168 Å². The summed E-state index contributed by atoms with van der Waals surface area (Å²) in [5.74, 6) is 0. The van der Waals surface area contributed by atoms with Gasteiger partial charge in [-0.15, -0.1) is 0 Å². The van der Waals surface area contributed by atoms with Gasteiger partial charge < -0.3 is 18.6 Å². The molecule has 0 saturated carbocycles. The average molecular weight is 1020 g/mol. The van der Waals surface area contributed by atoms with Crippen molar-refractivity contribution in [1.82, 2.24) is 13.7 Å². The molecule has 13 rings (SSSR count). The molecule has 13 aromatic rings. The van der Waals surface area contributed by atoms with Crippen molar-refractivity contribution >= 4 is 93.3 Å². The quantitative estimate of drug-likeness (QED) is 0.162. The zero-order chi connectivity index (χ0) is 54.2. The van der Waals surface area contributed by atoms with Crippen LogP contribution in [0.15, 0.2) is 206 Å². The number of para-hydroxylation sites is 2. The summed E-state index contributed by atoms with van der Waals surface area (Å²) in [5.41, 5.74) is 19.3. The number of rotatable bonds is 6. The first-order chi connectivity index (χ1) is 37.2. The predicted octanol–water partition coefficient (Wildman–Crippen LogP) is 20.8. The van der Waals surface area contributed by atoms with Crippen molar-refractivity contribution in [3.05, 3.63) is 229 Å². The molecule has 0 N–H and O–H groups in total. The van der Waals surface area contributed by atoms with Crippen LogP contribution in [0, 0.1) is 0 Å². The van der Waals surface area contributed by atoms with E-state index < -0.39 is 0 Å². The van der Waals surface area contributed by atoms with Crippen molar-refractivity contribution in [1.29, 1.82) is 0 Å². The van der Waals surface area contributed by atoms with Gasteiger partial charge in [0.25, 0.3) is 0 Å². The van der Waals surface area contributed by atoms with Crippen LogP contribution in [-0.4, -0.2) is 13.7 Å². The molecule has 78 heavy (non-hydrogen) atoms. The van der Waals surface area contributed by atoms with Crippen molar-refractivity contribution < 1.29 is 0 Å². The Morgan fingerprint density at radius 1 is 0.244 bits per heavy atom. The maximum atomic E-state index is 2.53. The summed E-state index contributed by atoms with van der Waals surface area (Å²) in [5, 5.41) is 9.95. The number of benzene rings is 10. The first-order valence-electron chi connectivity index (χ1n) is 27.9. The second kappa shape index (κ2) is 17.6. The predicted molar refractivity (Wildman–Crippen MR) is 336 cm³/mol. The van der Waals surface area contributed by atoms with Crippen LogP contribution in [0.5, 0.6) is 0 Å². The minimum Gasteiger partial charge on any atom is -0.310 e. The van der Waals surface area contributed by atoms with Gasteiger partial charge in [-0.3, -0.25) is 0 Å². The van der Waals surface area contributed by atoms with Gasteiger partial charge in [0.1, 0.15) is 0 Å². The van der Waals surface area contributed by atoms with E-state index in [0.717, 1.165) is 45.2 Å². The Balaban J connectivity index is 1.06. The zero-order valence-electron chi connectivity index (χ0n) is 47.4. The topological polar surface area (TPSA) is 18.0 Å². The van der Waals surface area contributed by atoms with Crippen LogP contribution in [-0.2, 0) is 21.7 Å². The van der Waals surface area contributed by atoms with Crippen molar-refractivity contribution in [3.63, 3.8) is 0 Å². The zero-order valence-corrected chi connectivity index (χ0v) is 47.4. The molecule has 0 spiro atoms. The van der Waals surface area contributed by atoms with Gasteiger partial charge >= 0.3 is 0 Å². The van der Waals surface area contributed by atoms with Gasteiger partial charge in [0.15, 0.2) is 0 Å². The summed E-state index contributed by atoms with van der Waals surface area (Å²) in [6.07, 6.45) is 0. The maximum Gasteiger partial charge on any atom is 0.0561 e. The van der Waals surface area contributed by atoms with Gasteiger partial charge in [0, 0.05) is 66.4 Å². The lowest BCUT2D eigenvalue weighted by molar-refractivity contribution is 0.590. The standard InChI is InChI=1S/C74H70N4/c1-71(2,3)49-25-35-65-61(41-49)62-42-50(72(4,5)6)26-36-66(62)76(65)57-31-33-59-60-34-32-58(77-67-37-27-51(73(7,8)9)43-63(67)64-44-52(74(10,11)12)28-38-68(64)77)46-70(60)78(69(59)45-57)56-30-24-47-39-55(29-23-48(47)40-56)75(53-19-15-13-16-20-53)54-21-17-14-18-22-54/h13-46H,1-12H3. The molecule has 0 radical (unpaired) electrons. The molecule has 0 aliphatic rings. The lowest BCUT2D eigenvalue weighted by Crippen LogP contribution is -2.10. The Kier molecular flexibility index (Phi) is 11.1. The Morgan fingerprint density at radius 2 is 0.564 bits per heavy atom. The highest BCUT2D eigenvalue weighted by Gasteiger charge is 2.25. The number of aromatic nitrogens is 3. The maximum absolute atomic E-state index is 2.53. The highest BCUT2D eigenvalue weighted by Crippen LogP contribution is 2.44. The van der Waals surface area contributed by atoms with Crippen LogP contribution < -0.4 is 4.90 Å². The molecular formula is C74H70N4. The minimum absolute atomic E-state index is 0.0114. The van der Waals surface area contributed by atoms with Gasteiger partial charge in [-0.2, -0.15) is 0 Å². The molecule has 3 aromatic heterocycles. The van der Waals surface area contributed by atoms with Gasteiger partial charge in [-0.05, 0) is 176 Å². The summed E-state index contributed by atoms with van der Waals surface area (Å²) in [4.78, 5) is 2.34. The van der Waals surface area contributed by atoms with Crippen molar-refractivity contribution in [2.45, 2.75) is 105 Å². The number of hydrogen-bond acceptors (Lipinski definition) is 1. The third kappa shape index (κ3) is 8.18. The van der Waals surface area contributed by atoms with Gasteiger partial charge in [-0.25, -0.2) is 0 Å². The molecule has 386 valence electrons. The minimum atomic E-state index is 0.0114. The summed E-state index contributed by atoms with van der Waals surface area (Å²) in [6.45, 7) is 27.8. The van der Waals surface area contributed by atoms with Crippen LogP contribution in [0.2, 0.25) is 0 Å². The monoisotopic (exact) mass is 1010 g/mol. The highest BCUT2D eigenvalue weighted by molar-refractivity contribution is 6.14. The van der Waals surface area contributed by atoms with Crippen LogP contribution in [0.4, 0.5) is 17.1 Å². The molecule has 4 nitrogen and oxygen atoms in total. The van der Waals surface area contributed by atoms with E-state index in [2.05, 4.69) is 308 Å². The van der Waals surface area contributed by atoms with E-state index in [-0.39, 0.29) is 21.7 Å². The Labute approximate surface area is 459 Å². The fourth-order valence-electron chi connectivity index (χ4n) is 12.1. The number of anilines is 3.